The van der Waals surface area contributed by atoms with Gasteiger partial charge in [0.1, 0.15) is 0 Å². The first-order valence-corrected chi connectivity index (χ1v) is 9.16. The van der Waals surface area contributed by atoms with Gasteiger partial charge in [0.05, 0.1) is 19.1 Å². The molecule has 2 aliphatic heterocycles. The van der Waals surface area contributed by atoms with Crippen molar-refractivity contribution in [3.05, 3.63) is 65.2 Å². The van der Waals surface area contributed by atoms with Crippen LogP contribution < -0.4 is 4.90 Å². The minimum Gasteiger partial charge on any atom is -0.481 e. The number of hydrogen-bond donors (Lipinski definition) is 1. The number of benzene rings is 2. The molecule has 27 heavy (non-hydrogen) atoms. The molecule has 1 N–H and O–H groups in total. The lowest BCUT2D eigenvalue weighted by Crippen LogP contribution is -2.40. The first-order valence-electron chi connectivity index (χ1n) is 9.16. The van der Waals surface area contributed by atoms with Crippen molar-refractivity contribution in [2.75, 3.05) is 37.7 Å². The number of carbonyl (C=O) groups is 2. The first kappa shape index (κ1) is 17.5. The molecule has 1 amide bonds. The second kappa shape index (κ2) is 7.40. The largest absolute Gasteiger partial charge is 0.481 e. The number of carboxylic acids is 1. The lowest BCUT2D eigenvalue weighted by Gasteiger charge is -2.33. The van der Waals surface area contributed by atoms with Crippen LogP contribution in [0.2, 0.25) is 0 Å². The van der Waals surface area contributed by atoms with Crippen LogP contribution in [0.5, 0.6) is 0 Å². The van der Waals surface area contributed by atoms with E-state index in [1.807, 2.05) is 48.5 Å². The van der Waals surface area contributed by atoms with Crippen molar-refractivity contribution < 1.29 is 19.4 Å². The van der Waals surface area contributed by atoms with Crippen molar-refractivity contribution in [3.63, 3.8) is 0 Å². The second-order valence-corrected chi connectivity index (χ2v) is 6.92. The molecular weight excluding hydrogens is 344 g/mol. The fraction of sp³-hybridized carbons (Fsp3) is 0.333. The van der Waals surface area contributed by atoms with Crippen LogP contribution in [0, 0.1) is 0 Å². The Morgan fingerprint density at radius 2 is 1.70 bits per heavy atom. The average molecular weight is 366 g/mol. The number of amides is 1. The van der Waals surface area contributed by atoms with Crippen LogP contribution in [-0.2, 0) is 16.1 Å². The number of aliphatic carboxylic acids is 1. The van der Waals surface area contributed by atoms with Gasteiger partial charge in [0, 0.05) is 37.4 Å². The van der Waals surface area contributed by atoms with Crippen molar-refractivity contribution in [3.8, 4) is 0 Å². The van der Waals surface area contributed by atoms with Gasteiger partial charge < -0.3 is 19.6 Å². The Labute approximate surface area is 158 Å². The van der Waals surface area contributed by atoms with Gasteiger partial charge in [-0.1, -0.05) is 24.3 Å². The van der Waals surface area contributed by atoms with E-state index in [9.17, 15) is 14.7 Å². The highest BCUT2D eigenvalue weighted by Crippen LogP contribution is 2.29. The number of rotatable bonds is 3. The van der Waals surface area contributed by atoms with Crippen molar-refractivity contribution in [1.82, 2.24) is 4.90 Å². The fourth-order valence-corrected chi connectivity index (χ4v) is 3.79. The molecule has 0 aromatic heterocycles. The number of carbonyl (C=O) groups excluding carboxylic acids is 1. The first-order chi connectivity index (χ1) is 13.1. The molecule has 0 spiro atoms. The molecule has 6 nitrogen and oxygen atoms in total. The molecule has 0 aliphatic carbocycles. The molecule has 1 unspecified atom stereocenters. The molecule has 2 aromatic rings. The Balaban J connectivity index is 1.53. The van der Waals surface area contributed by atoms with Crippen LogP contribution in [0.1, 0.15) is 27.4 Å². The summed E-state index contributed by atoms with van der Waals surface area (Å²) in [6.07, 6.45) is 0. The Morgan fingerprint density at radius 3 is 2.41 bits per heavy atom. The highest BCUT2D eigenvalue weighted by Gasteiger charge is 2.32. The van der Waals surface area contributed by atoms with Crippen LogP contribution in [0.25, 0.3) is 0 Å². The molecule has 0 bridgehead atoms. The monoisotopic (exact) mass is 366 g/mol. The molecule has 1 saturated heterocycles. The predicted molar refractivity (Wildman–Crippen MR) is 101 cm³/mol. The van der Waals surface area contributed by atoms with Gasteiger partial charge in [-0.15, -0.1) is 0 Å². The van der Waals surface area contributed by atoms with Crippen molar-refractivity contribution in [1.29, 1.82) is 0 Å². The van der Waals surface area contributed by atoms with E-state index in [1.54, 1.807) is 4.90 Å². The summed E-state index contributed by atoms with van der Waals surface area (Å²) in [5.74, 6) is -1.72. The molecule has 0 saturated carbocycles. The minimum atomic E-state index is -0.900. The number of ether oxygens (including phenoxy) is 1. The van der Waals surface area contributed by atoms with Crippen LogP contribution in [0.4, 0.5) is 5.69 Å². The van der Waals surface area contributed by atoms with E-state index in [2.05, 4.69) is 4.90 Å². The van der Waals surface area contributed by atoms with Gasteiger partial charge in [-0.25, -0.2) is 0 Å². The third-order valence-corrected chi connectivity index (χ3v) is 5.27. The third kappa shape index (κ3) is 3.53. The smallest absolute Gasteiger partial charge is 0.312 e. The van der Waals surface area contributed by atoms with E-state index in [1.165, 1.54) is 0 Å². The molecule has 0 radical (unpaired) electrons. The quantitative estimate of drug-likeness (QED) is 0.903. The summed E-state index contributed by atoms with van der Waals surface area (Å²) in [6.45, 7) is 3.74. The third-order valence-electron chi connectivity index (χ3n) is 5.27. The van der Waals surface area contributed by atoms with Crippen LogP contribution in [0.3, 0.4) is 0 Å². The Morgan fingerprint density at radius 1 is 1.00 bits per heavy atom. The zero-order valence-electron chi connectivity index (χ0n) is 15.0. The maximum atomic E-state index is 13.0. The number of carboxylic acid groups (broad SMARTS) is 1. The molecule has 6 heteroatoms. The molecule has 1 atom stereocenters. The van der Waals surface area contributed by atoms with Crippen LogP contribution in [-0.4, -0.2) is 54.7 Å². The van der Waals surface area contributed by atoms with E-state index >= 15 is 0 Å². The predicted octanol–water partition coefficient (Wildman–Crippen LogP) is 2.35. The second-order valence-electron chi connectivity index (χ2n) is 6.92. The number of morpholine rings is 1. The van der Waals surface area contributed by atoms with E-state index < -0.39 is 11.9 Å². The highest BCUT2D eigenvalue weighted by molar-refractivity contribution is 5.95. The maximum Gasteiger partial charge on any atom is 0.312 e. The van der Waals surface area contributed by atoms with E-state index in [0.29, 0.717) is 25.3 Å². The minimum absolute atomic E-state index is 0.135. The lowest BCUT2D eigenvalue weighted by molar-refractivity contribution is -0.139. The average Bonchev–Trinajstić information content (AvgIpc) is 2.73. The van der Waals surface area contributed by atoms with Gasteiger partial charge in [-0.2, -0.15) is 0 Å². The van der Waals surface area contributed by atoms with Crippen LogP contribution in [0.15, 0.2) is 48.5 Å². The van der Waals surface area contributed by atoms with E-state index in [-0.39, 0.29) is 12.5 Å². The highest BCUT2D eigenvalue weighted by atomic mass is 16.5. The number of nitrogens with zero attached hydrogens (tertiary/aromatic N) is 2. The topological polar surface area (TPSA) is 70.1 Å². The lowest BCUT2D eigenvalue weighted by atomic mass is 9.89. The Kier molecular flexibility index (Phi) is 4.81. The SMILES string of the molecule is O=C(O)C1CN(C(=O)c2ccc(N3CCOCC3)cc2)Cc2ccccc21. The van der Waals surface area contributed by atoms with Crippen LogP contribution >= 0.6 is 0 Å². The van der Waals surface area contributed by atoms with Crippen molar-refractivity contribution >= 4 is 17.6 Å². The van der Waals surface area contributed by atoms with Gasteiger partial charge in [0.2, 0.25) is 0 Å². The summed E-state index contributed by atoms with van der Waals surface area (Å²) in [7, 11) is 0. The molecule has 140 valence electrons. The summed E-state index contributed by atoms with van der Waals surface area (Å²) in [6, 6.07) is 15.0. The summed E-state index contributed by atoms with van der Waals surface area (Å²) in [4.78, 5) is 28.5. The normalized spacial score (nSPS) is 19.5. The summed E-state index contributed by atoms with van der Waals surface area (Å²) in [5.41, 5.74) is 3.35. The summed E-state index contributed by atoms with van der Waals surface area (Å²) >= 11 is 0. The molecule has 1 fully saturated rings. The number of hydrogen-bond acceptors (Lipinski definition) is 4. The molecule has 2 aromatic carbocycles. The van der Waals surface area contributed by atoms with Gasteiger partial charge in [-0.3, -0.25) is 9.59 Å². The van der Waals surface area contributed by atoms with Crippen molar-refractivity contribution in [2.45, 2.75) is 12.5 Å². The zero-order chi connectivity index (χ0) is 18.8. The van der Waals surface area contributed by atoms with E-state index in [0.717, 1.165) is 29.9 Å². The number of fused-ring (bicyclic) bond motifs is 1. The fourth-order valence-electron chi connectivity index (χ4n) is 3.79. The van der Waals surface area contributed by atoms with Gasteiger partial charge in [-0.05, 0) is 35.4 Å². The summed E-state index contributed by atoms with van der Waals surface area (Å²) in [5, 5.41) is 9.58. The van der Waals surface area contributed by atoms with Gasteiger partial charge in [0.15, 0.2) is 0 Å². The maximum absolute atomic E-state index is 13.0. The van der Waals surface area contributed by atoms with Gasteiger partial charge >= 0.3 is 5.97 Å². The zero-order valence-corrected chi connectivity index (χ0v) is 15.0. The van der Waals surface area contributed by atoms with Crippen molar-refractivity contribution in [2.24, 2.45) is 0 Å². The summed E-state index contributed by atoms with van der Waals surface area (Å²) < 4.78 is 5.37. The van der Waals surface area contributed by atoms with Gasteiger partial charge in [0.25, 0.3) is 5.91 Å². The van der Waals surface area contributed by atoms with E-state index in [4.69, 9.17) is 4.74 Å². The number of anilines is 1. The molecular formula is C21H22N2O4. The Hall–Kier alpha value is -2.86. The molecule has 4 rings (SSSR count). The Bertz CT molecular complexity index is 844. The molecule has 2 aliphatic rings. The molecule has 2 heterocycles. The standard InChI is InChI=1S/C21H22N2O4/c24-20(15-5-7-17(8-6-15)22-9-11-27-12-10-22)23-13-16-3-1-2-4-18(16)19(14-23)21(25)26/h1-8,19H,9-14H2,(H,25,26).